The van der Waals surface area contributed by atoms with Gasteiger partial charge in [-0.1, -0.05) is 53.7 Å². The number of sulfone groups is 1. The van der Waals surface area contributed by atoms with Crippen LogP contribution in [0.5, 0.6) is 0 Å². The predicted octanol–water partition coefficient (Wildman–Crippen LogP) is 2.97. The van der Waals surface area contributed by atoms with E-state index in [1.54, 1.807) is 37.3 Å². The average Bonchev–Trinajstić information content (AvgIpc) is 2.48. The summed E-state index contributed by atoms with van der Waals surface area (Å²) in [6.45, 7) is 1.76. The summed E-state index contributed by atoms with van der Waals surface area (Å²) >= 11 is 0. The molecule has 0 fully saturated rings. The first-order chi connectivity index (χ1) is 9.45. The van der Waals surface area contributed by atoms with Crippen LogP contribution in [0.25, 0.3) is 0 Å². The molecule has 106 valence electrons. The van der Waals surface area contributed by atoms with E-state index < -0.39 is 9.84 Å². The van der Waals surface area contributed by atoms with Crippen molar-refractivity contribution in [1.82, 2.24) is 0 Å². The smallest absolute Gasteiger partial charge is 0.175 e. The second-order valence-corrected chi connectivity index (χ2v) is 6.15. The Morgan fingerprint density at radius 2 is 1.40 bits per heavy atom. The molecule has 0 saturated heterocycles. The van der Waals surface area contributed by atoms with E-state index in [0.29, 0.717) is 10.6 Å². The Hall–Kier alpha value is -2.14. The first-order valence-electron chi connectivity index (χ1n) is 5.94. The van der Waals surface area contributed by atoms with Gasteiger partial charge in [0.05, 0.1) is 10.6 Å². The summed E-state index contributed by atoms with van der Waals surface area (Å²) in [7, 11) is -3.00. The minimum absolute atomic E-state index is 0.370. The summed E-state index contributed by atoms with van der Waals surface area (Å²) < 4.78 is 21.7. The van der Waals surface area contributed by atoms with E-state index in [2.05, 4.69) is 5.16 Å². The summed E-state index contributed by atoms with van der Waals surface area (Å²) in [4.78, 5) is 0.370. The molecule has 0 unspecified atom stereocenters. The predicted molar refractivity (Wildman–Crippen MR) is 80.0 cm³/mol. The van der Waals surface area contributed by atoms with Crippen molar-refractivity contribution in [2.24, 2.45) is 5.16 Å². The third kappa shape index (κ3) is 5.24. The van der Waals surface area contributed by atoms with Crippen LogP contribution in [0, 0.1) is 0 Å². The number of rotatable bonds is 2. The minimum Gasteiger partial charge on any atom is -0.411 e. The molecule has 0 amide bonds. The van der Waals surface area contributed by atoms with Crippen LogP contribution < -0.4 is 0 Å². The summed E-state index contributed by atoms with van der Waals surface area (Å²) in [6.07, 6.45) is 1.20. The molecule has 5 heteroatoms. The topological polar surface area (TPSA) is 66.7 Å². The lowest BCUT2D eigenvalue weighted by atomic mass is 10.1. The molecule has 0 aromatic heterocycles. The van der Waals surface area contributed by atoms with Crippen LogP contribution >= 0.6 is 0 Å². The van der Waals surface area contributed by atoms with E-state index in [1.807, 2.05) is 30.3 Å². The van der Waals surface area contributed by atoms with Crippen LogP contribution in [0.4, 0.5) is 0 Å². The van der Waals surface area contributed by atoms with Crippen molar-refractivity contribution in [1.29, 1.82) is 0 Å². The maximum absolute atomic E-state index is 10.8. The van der Waals surface area contributed by atoms with Crippen LogP contribution in [-0.2, 0) is 9.84 Å². The zero-order valence-corrected chi connectivity index (χ0v) is 12.2. The zero-order valence-electron chi connectivity index (χ0n) is 11.4. The van der Waals surface area contributed by atoms with Gasteiger partial charge in [0.1, 0.15) is 0 Å². The Kier molecular flexibility index (Phi) is 5.93. The number of hydrogen-bond acceptors (Lipinski definition) is 4. The van der Waals surface area contributed by atoms with Gasteiger partial charge in [-0.2, -0.15) is 0 Å². The van der Waals surface area contributed by atoms with Gasteiger partial charge in [0, 0.05) is 6.26 Å². The quantitative estimate of drug-likeness (QED) is 0.525. The van der Waals surface area contributed by atoms with Crippen molar-refractivity contribution in [3.8, 4) is 0 Å². The third-order valence-corrected chi connectivity index (χ3v) is 3.64. The summed E-state index contributed by atoms with van der Waals surface area (Å²) in [5.74, 6) is 0. The van der Waals surface area contributed by atoms with Gasteiger partial charge in [0.25, 0.3) is 0 Å². The largest absolute Gasteiger partial charge is 0.411 e. The maximum atomic E-state index is 10.8. The summed E-state index contributed by atoms with van der Waals surface area (Å²) in [5.41, 5.74) is 1.59. The molecular formula is C15H17NO3S. The van der Waals surface area contributed by atoms with Crippen molar-refractivity contribution in [2.75, 3.05) is 6.26 Å². The van der Waals surface area contributed by atoms with E-state index in [4.69, 9.17) is 5.21 Å². The van der Waals surface area contributed by atoms with Gasteiger partial charge in [-0.15, -0.1) is 0 Å². The fourth-order valence-electron chi connectivity index (χ4n) is 1.40. The zero-order chi connectivity index (χ0) is 15.0. The minimum atomic E-state index is -3.00. The Bertz CT molecular complexity index is 650. The summed E-state index contributed by atoms with van der Waals surface area (Å²) in [5, 5.41) is 11.5. The van der Waals surface area contributed by atoms with E-state index >= 15 is 0 Å². The first kappa shape index (κ1) is 15.9. The fraction of sp³-hybridized carbons (Fsp3) is 0.133. The van der Waals surface area contributed by atoms with Crippen LogP contribution in [0.2, 0.25) is 0 Å². The third-order valence-electron chi connectivity index (χ3n) is 2.51. The fourth-order valence-corrected chi connectivity index (χ4v) is 2.06. The van der Waals surface area contributed by atoms with Gasteiger partial charge in [-0.3, -0.25) is 0 Å². The first-order valence-corrected chi connectivity index (χ1v) is 7.83. The van der Waals surface area contributed by atoms with Gasteiger partial charge in [0.15, 0.2) is 9.84 Å². The van der Waals surface area contributed by atoms with E-state index in [-0.39, 0.29) is 0 Å². The molecule has 2 aromatic rings. The molecule has 0 aliphatic rings. The number of benzene rings is 2. The Morgan fingerprint density at radius 3 is 1.75 bits per heavy atom. The molecule has 0 bridgehead atoms. The van der Waals surface area contributed by atoms with Gasteiger partial charge in [-0.05, 0) is 24.6 Å². The van der Waals surface area contributed by atoms with Crippen LogP contribution in [0.1, 0.15) is 12.5 Å². The molecule has 0 aliphatic carbocycles. The lowest BCUT2D eigenvalue weighted by molar-refractivity contribution is 0.319. The maximum Gasteiger partial charge on any atom is 0.175 e. The molecule has 0 aliphatic heterocycles. The second kappa shape index (κ2) is 7.45. The molecule has 0 heterocycles. The molecule has 2 aromatic carbocycles. The monoisotopic (exact) mass is 291 g/mol. The lowest BCUT2D eigenvalue weighted by Gasteiger charge is -1.94. The molecule has 1 N–H and O–H groups in total. The van der Waals surface area contributed by atoms with Crippen molar-refractivity contribution in [3.05, 3.63) is 66.2 Å². The molecule has 0 radical (unpaired) electrons. The molecular weight excluding hydrogens is 274 g/mol. The molecule has 0 spiro atoms. The van der Waals surface area contributed by atoms with Crippen molar-refractivity contribution < 1.29 is 13.6 Å². The normalized spacial score (nSPS) is 11.4. The highest BCUT2D eigenvalue weighted by atomic mass is 32.2. The van der Waals surface area contributed by atoms with Crippen molar-refractivity contribution >= 4 is 15.5 Å². The van der Waals surface area contributed by atoms with Crippen molar-refractivity contribution in [3.63, 3.8) is 0 Å². The highest BCUT2D eigenvalue weighted by Crippen LogP contribution is 2.05. The Labute approximate surface area is 119 Å². The highest BCUT2D eigenvalue weighted by Gasteiger charge is 2.02. The van der Waals surface area contributed by atoms with E-state index in [9.17, 15) is 8.42 Å². The van der Waals surface area contributed by atoms with Gasteiger partial charge >= 0.3 is 0 Å². The molecule has 0 saturated carbocycles. The van der Waals surface area contributed by atoms with Crippen LogP contribution in [0.3, 0.4) is 0 Å². The Balaban J connectivity index is 0.000000200. The SMILES string of the molecule is CC(=NO)c1ccccc1.CS(=O)(=O)c1ccccc1. The molecule has 0 atom stereocenters. The average molecular weight is 291 g/mol. The van der Waals surface area contributed by atoms with E-state index in [0.717, 1.165) is 5.56 Å². The van der Waals surface area contributed by atoms with Crippen LogP contribution in [-0.4, -0.2) is 25.6 Å². The second-order valence-electron chi connectivity index (χ2n) is 4.14. The van der Waals surface area contributed by atoms with Gasteiger partial charge in [-0.25, -0.2) is 8.42 Å². The van der Waals surface area contributed by atoms with Gasteiger partial charge in [0.2, 0.25) is 0 Å². The standard InChI is InChI=1S/C8H9NO.C7H8O2S/c1-7(9-10)8-5-3-2-4-6-8;1-10(8,9)7-5-3-2-4-6-7/h2-6,10H,1H3;2-6H,1H3. The molecule has 4 nitrogen and oxygen atoms in total. The molecule has 2 rings (SSSR count). The van der Waals surface area contributed by atoms with Gasteiger partial charge < -0.3 is 5.21 Å². The molecule has 20 heavy (non-hydrogen) atoms. The van der Waals surface area contributed by atoms with Crippen molar-refractivity contribution in [2.45, 2.75) is 11.8 Å². The van der Waals surface area contributed by atoms with Crippen LogP contribution in [0.15, 0.2) is 70.7 Å². The Morgan fingerprint density at radius 1 is 0.950 bits per heavy atom. The number of hydrogen-bond donors (Lipinski definition) is 1. The highest BCUT2D eigenvalue weighted by molar-refractivity contribution is 7.90. The van der Waals surface area contributed by atoms with E-state index in [1.165, 1.54) is 6.26 Å². The number of oxime groups is 1. The lowest BCUT2D eigenvalue weighted by Crippen LogP contribution is -1.95. The summed E-state index contributed by atoms with van der Waals surface area (Å²) in [6, 6.07) is 17.9. The number of nitrogens with zero attached hydrogens (tertiary/aromatic N) is 1.